The summed E-state index contributed by atoms with van der Waals surface area (Å²) in [5.41, 5.74) is 0.920. The van der Waals surface area contributed by atoms with E-state index in [-0.39, 0.29) is 6.61 Å². The zero-order valence-corrected chi connectivity index (χ0v) is 10.3. The van der Waals surface area contributed by atoms with Crippen molar-refractivity contribution >= 4 is 0 Å². The molecule has 0 spiro atoms. The van der Waals surface area contributed by atoms with Crippen LogP contribution in [-0.4, -0.2) is 32.7 Å². The monoisotopic (exact) mass is 226 g/mol. The molecule has 2 N–H and O–H groups in total. The predicted molar refractivity (Wildman–Crippen MR) is 62.9 cm³/mol. The van der Waals surface area contributed by atoms with Crippen molar-refractivity contribution in [2.24, 2.45) is 5.92 Å². The maximum Gasteiger partial charge on any atom is 0.0964 e. The molecule has 5 nitrogen and oxygen atoms in total. The number of aromatic nitrogens is 3. The van der Waals surface area contributed by atoms with Gasteiger partial charge in [-0.15, -0.1) is 5.10 Å². The molecule has 92 valence electrons. The normalized spacial score (nSPS) is 13.3. The van der Waals surface area contributed by atoms with Gasteiger partial charge in [0.25, 0.3) is 0 Å². The standard InChI is InChI=1S/C11H22N4O/c1-9(2)6-10(3)12-7-11-8-15(4-5-16)14-13-11/h8-10,12,16H,4-7H2,1-3H3. The average molecular weight is 226 g/mol. The van der Waals surface area contributed by atoms with Gasteiger partial charge in [0.1, 0.15) is 0 Å². The van der Waals surface area contributed by atoms with Crippen molar-refractivity contribution in [3.05, 3.63) is 11.9 Å². The molecule has 1 aromatic heterocycles. The van der Waals surface area contributed by atoms with Gasteiger partial charge < -0.3 is 10.4 Å². The van der Waals surface area contributed by atoms with E-state index >= 15 is 0 Å². The Labute approximate surface area is 96.9 Å². The zero-order valence-electron chi connectivity index (χ0n) is 10.3. The molecule has 0 aliphatic carbocycles. The smallest absolute Gasteiger partial charge is 0.0964 e. The summed E-state index contributed by atoms with van der Waals surface area (Å²) in [6.07, 6.45) is 3.02. The number of nitrogens with one attached hydrogen (secondary N) is 1. The van der Waals surface area contributed by atoms with Gasteiger partial charge in [-0.2, -0.15) is 0 Å². The minimum absolute atomic E-state index is 0.0972. The second kappa shape index (κ2) is 6.60. The van der Waals surface area contributed by atoms with Crippen molar-refractivity contribution in [3.8, 4) is 0 Å². The second-order valence-corrected chi connectivity index (χ2v) is 4.61. The van der Waals surface area contributed by atoms with Crippen molar-refractivity contribution in [2.45, 2.75) is 46.3 Å². The molecule has 0 saturated carbocycles. The van der Waals surface area contributed by atoms with Gasteiger partial charge in [0, 0.05) is 18.8 Å². The van der Waals surface area contributed by atoms with Gasteiger partial charge >= 0.3 is 0 Å². The molecule has 1 heterocycles. The third kappa shape index (κ3) is 4.72. The van der Waals surface area contributed by atoms with E-state index in [4.69, 9.17) is 5.11 Å². The lowest BCUT2D eigenvalue weighted by Crippen LogP contribution is -2.27. The summed E-state index contributed by atoms with van der Waals surface area (Å²) in [6.45, 7) is 7.96. The molecule has 1 aromatic rings. The largest absolute Gasteiger partial charge is 0.394 e. The molecule has 1 atom stereocenters. The van der Waals surface area contributed by atoms with Gasteiger partial charge in [0.2, 0.25) is 0 Å². The van der Waals surface area contributed by atoms with Gasteiger partial charge in [-0.1, -0.05) is 19.1 Å². The summed E-state index contributed by atoms with van der Waals surface area (Å²) in [5, 5.41) is 20.1. The summed E-state index contributed by atoms with van der Waals surface area (Å²) in [6, 6.07) is 0.489. The molecule has 5 heteroatoms. The van der Waals surface area contributed by atoms with Crippen LogP contribution in [0.3, 0.4) is 0 Å². The summed E-state index contributed by atoms with van der Waals surface area (Å²) >= 11 is 0. The number of nitrogens with zero attached hydrogens (tertiary/aromatic N) is 3. The number of hydrogen-bond acceptors (Lipinski definition) is 4. The molecule has 0 aromatic carbocycles. The molecule has 0 aliphatic rings. The van der Waals surface area contributed by atoms with Crippen LogP contribution in [0.4, 0.5) is 0 Å². The first-order valence-corrected chi connectivity index (χ1v) is 5.85. The minimum Gasteiger partial charge on any atom is -0.394 e. The SMILES string of the molecule is CC(C)CC(C)NCc1cn(CCO)nn1. The van der Waals surface area contributed by atoms with Crippen molar-refractivity contribution in [1.82, 2.24) is 20.3 Å². The maximum atomic E-state index is 8.74. The Bertz CT molecular complexity index is 298. The van der Waals surface area contributed by atoms with E-state index in [1.807, 2.05) is 6.20 Å². The first-order valence-electron chi connectivity index (χ1n) is 5.85. The topological polar surface area (TPSA) is 63.0 Å². The molecule has 1 unspecified atom stereocenters. The fraction of sp³-hybridized carbons (Fsp3) is 0.818. The number of aliphatic hydroxyl groups is 1. The van der Waals surface area contributed by atoms with Gasteiger partial charge in [-0.25, -0.2) is 4.68 Å². The second-order valence-electron chi connectivity index (χ2n) is 4.61. The zero-order chi connectivity index (χ0) is 12.0. The third-order valence-electron chi connectivity index (χ3n) is 2.37. The van der Waals surface area contributed by atoms with Gasteiger partial charge in [-0.05, 0) is 19.3 Å². The molecule has 0 amide bonds. The van der Waals surface area contributed by atoms with Crippen LogP contribution < -0.4 is 5.32 Å². The molecule has 1 rings (SSSR count). The van der Waals surface area contributed by atoms with Crippen molar-refractivity contribution in [3.63, 3.8) is 0 Å². The Balaban J connectivity index is 2.30. The first kappa shape index (κ1) is 13.1. The van der Waals surface area contributed by atoms with Crippen molar-refractivity contribution in [1.29, 1.82) is 0 Å². The molecule has 0 aliphatic heterocycles. The Kier molecular flexibility index (Phi) is 5.42. The van der Waals surface area contributed by atoms with E-state index in [1.165, 1.54) is 0 Å². The van der Waals surface area contributed by atoms with Crippen molar-refractivity contribution < 1.29 is 5.11 Å². The van der Waals surface area contributed by atoms with Crippen LogP contribution in [0.1, 0.15) is 32.9 Å². The lowest BCUT2D eigenvalue weighted by Gasteiger charge is -2.14. The highest BCUT2D eigenvalue weighted by Crippen LogP contribution is 2.04. The number of hydrogen-bond donors (Lipinski definition) is 2. The molecule has 0 radical (unpaired) electrons. The summed E-state index contributed by atoms with van der Waals surface area (Å²) in [7, 11) is 0. The quantitative estimate of drug-likeness (QED) is 0.721. The van der Waals surface area contributed by atoms with E-state index in [1.54, 1.807) is 4.68 Å². The van der Waals surface area contributed by atoms with Crippen LogP contribution in [-0.2, 0) is 13.1 Å². The van der Waals surface area contributed by atoms with E-state index < -0.39 is 0 Å². The van der Waals surface area contributed by atoms with Crippen LogP contribution >= 0.6 is 0 Å². The van der Waals surface area contributed by atoms with Gasteiger partial charge in [0.15, 0.2) is 0 Å². The summed E-state index contributed by atoms with van der Waals surface area (Å²) in [4.78, 5) is 0. The van der Waals surface area contributed by atoms with Crippen LogP contribution in [0, 0.1) is 5.92 Å². The van der Waals surface area contributed by atoms with E-state index in [0.717, 1.165) is 18.7 Å². The highest BCUT2D eigenvalue weighted by molar-refractivity contribution is 4.91. The molecule has 16 heavy (non-hydrogen) atoms. The Hall–Kier alpha value is -0.940. The number of rotatable bonds is 7. The van der Waals surface area contributed by atoms with Crippen LogP contribution in [0.15, 0.2) is 6.20 Å². The van der Waals surface area contributed by atoms with Crippen LogP contribution in [0.5, 0.6) is 0 Å². The molecule has 0 bridgehead atoms. The highest BCUT2D eigenvalue weighted by atomic mass is 16.3. The lowest BCUT2D eigenvalue weighted by atomic mass is 10.1. The van der Waals surface area contributed by atoms with Crippen LogP contribution in [0.2, 0.25) is 0 Å². The van der Waals surface area contributed by atoms with E-state index in [0.29, 0.717) is 18.5 Å². The minimum atomic E-state index is 0.0972. The van der Waals surface area contributed by atoms with E-state index in [2.05, 4.69) is 36.4 Å². The van der Waals surface area contributed by atoms with Crippen LogP contribution in [0.25, 0.3) is 0 Å². The fourth-order valence-corrected chi connectivity index (χ4v) is 1.70. The average Bonchev–Trinajstić information content (AvgIpc) is 2.62. The first-order chi connectivity index (χ1) is 7.61. The maximum absolute atomic E-state index is 8.74. The summed E-state index contributed by atoms with van der Waals surface area (Å²) < 4.78 is 1.66. The Morgan fingerprint density at radius 3 is 2.81 bits per heavy atom. The Morgan fingerprint density at radius 1 is 1.44 bits per heavy atom. The van der Waals surface area contributed by atoms with E-state index in [9.17, 15) is 0 Å². The third-order valence-corrected chi connectivity index (χ3v) is 2.37. The molecule has 0 saturated heterocycles. The highest BCUT2D eigenvalue weighted by Gasteiger charge is 2.06. The summed E-state index contributed by atoms with van der Waals surface area (Å²) in [5.74, 6) is 0.701. The molecule has 0 fully saturated rings. The lowest BCUT2D eigenvalue weighted by molar-refractivity contribution is 0.268. The number of aliphatic hydroxyl groups excluding tert-OH is 1. The van der Waals surface area contributed by atoms with Crippen molar-refractivity contribution in [2.75, 3.05) is 6.61 Å². The fourth-order valence-electron chi connectivity index (χ4n) is 1.70. The predicted octanol–water partition coefficient (Wildman–Crippen LogP) is 0.795. The molecular weight excluding hydrogens is 204 g/mol. The molecular formula is C11H22N4O. The van der Waals surface area contributed by atoms with Gasteiger partial charge in [-0.3, -0.25) is 0 Å². The van der Waals surface area contributed by atoms with Gasteiger partial charge in [0.05, 0.1) is 18.8 Å². The Morgan fingerprint density at radius 2 is 2.19 bits per heavy atom.